The van der Waals surface area contributed by atoms with Crippen molar-refractivity contribution in [3.63, 3.8) is 0 Å². The third kappa shape index (κ3) is 4.76. The lowest BCUT2D eigenvalue weighted by molar-refractivity contribution is -0.218. The minimum atomic E-state index is 0.123. The summed E-state index contributed by atoms with van der Waals surface area (Å²) in [7, 11) is 0. The van der Waals surface area contributed by atoms with Crippen molar-refractivity contribution in [2.24, 2.45) is 23.7 Å². The Labute approximate surface area is 277 Å². The molecule has 7 heterocycles. The van der Waals surface area contributed by atoms with Crippen LogP contribution in [0.3, 0.4) is 0 Å². The van der Waals surface area contributed by atoms with Gasteiger partial charge in [-0.2, -0.15) is 0 Å². The highest BCUT2D eigenvalue weighted by molar-refractivity contribution is 5.17. The van der Waals surface area contributed by atoms with E-state index in [1.807, 2.05) is 0 Å². The number of fused-ring (bicyclic) bond motifs is 13. The van der Waals surface area contributed by atoms with Crippen LogP contribution in [-0.2, 0) is 0 Å². The summed E-state index contributed by atoms with van der Waals surface area (Å²) in [6, 6.07) is 5.89. The zero-order chi connectivity index (χ0) is 30.1. The molecule has 7 aliphatic heterocycles. The Hall–Kier alpha value is -0.200. The summed E-state index contributed by atoms with van der Waals surface area (Å²) in [5, 5.41) is 0. The van der Waals surface area contributed by atoms with Gasteiger partial charge >= 0.3 is 0 Å². The molecule has 0 aromatic carbocycles. The maximum Gasteiger partial charge on any atom is 0.193 e. The normalized spacial score (nSPS) is 47.5. The lowest BCUT2D eigenvalue weighted by Crippen LogP contribution is -2.73. The Kier molecular flexibility index (Phi) is 8.63. The summed E-state index contributed by atoms with van der Waals surface area (Å²) in [4.78, 5) is 15.9. The average molecular weight is 620 g/mol. The van der Waals surface area contributed by atoms with Gasteiger partial charge in [0.2, 0.25) is 0 Å². The average Bonchev–Trinajstić information content (AvgIpc) is 3.70. The van der Waals surface area contributed by atoms with E-state index in [1.165, 1.54) is 155 Å². The summed E-state index contributed by atoms with van der Waals surface area (Å²) in [6.07, 6.45) is 32.5. The molecule has 45 heavy (non-hydrogen) atoms. The van der Waals surface area contributed by atoms with Crippen LogP contribution in [0.2, 0.25) is 0 Å². The molecule has 0 amide bonds. The van der Waals surface area contributed by atoms with Gasteiger partial charge in [0, 0.05) is 68.5 Å². The van der Waals surface area contributed by atoms with Crippen LogP contribution in [-0.4, -0.2) is 98.9 Å². The molecule has 9 rings (SSSR count). The van der Waals surface area contributed by atoms with Crippen LogP contribution in [0.4, 0.5) is 0 Å². The monoisotopic (exact) mass is 620 g/mol. The first-order chi connectivity index (χ1) is 22.2. The highest BCUT2D eigenvalue weighted by Gasteiger charge is 2.70. The fourth-order valence-electron chi connectivity index (χ4n) is 14.6. The Balaban J connectivity index is 0.953. The van der Waals surface area contributed by atoms with Crippen LogP contribution in [0.5, 0.6) is 0 Å². The van der Waals surface area contributed by atoms with Crippen molar-refractivity contribution in [1.29, 1.82) is 0 Å². The molecule has 254 valence electrons. The molecule has 11 atom stereocenters. The van der Waals surface area contributed by atoms with E-state index in [0.29, 0.717) is 0 Å². The van der Waals surface area contributed by atoms with E-state index in [1.54, 1.807) is 12.8 Å². The molecule has 7 saturated heterocycles. The number of nitrogens with zero attached hydrogens (tertiary/aromatic N) is 5. The summed E-state index contributed by atoms with van der Waals surface area (Å²) in [5.74, 6) is 4.00. The van der Waals surface area contributed by atoms with Crippen LogP contribution < -0.4 is 0 Å². The maximum absolute atomic E-state index is 3.24. The lowest BCUT2D eigenvalue weighted by atomic mass is 9.73. The Morgan fingerprint density at radius 1 is 0.511 bits per heavy atom. The fraction of sp³-hybridized carbons (Fsp3) is 1.00. The van der Waals surface area contributed by atoms with Crippen molar-refractivity contribution < 1.29 is 0 Å². The van der Waals surface area contributed by atoms with Gasteiger partial charge in [-0.1, -0.05) is 58.3 Å². The third-order valence-electron chi connectivity index (χ3n) is 16.3. The van der Waals surface area contributed by atoms with Crippen molar-refractivity contribution in [3.05, 3.63) is 0 Å². The van der Waals surface area contributed by atoms with Gasteiger partial charge in [0.25, 0.3) is 0 Å². The Morgan fingerprint density at radius 2 is 0.978 bits per heavy atom. The molecule has 0 aromatic rings. The first-order valence-electron chi connectivity index (χ1n) is 21.1. The number of piperidine rings is 4. The number of likely N-dealkylation sites (tertiary alicyclic amines) is 1. The molecule has 0 radical (unpaired) electrons. The maximum atomic E-state index is 3.24. The largest absolute Gasteiger partial charge is 0.294 e. The molecule has 0 N–H and O–H groups in total. The van der Waals surface area contributed by atoms with Crippen LogP contribution in [0.15, 0.2) is 0 Å². The van der Waals surface area contributed by atoms with E-state index in [2.05, 4.69) is 38.3 Å². The first kappa shape index (κ1) is 30.8. The van der Waals surface area contributed by atoms with E-state index in [9.17, 15) is 0 Å². The second kappa shape index (κ2) is 12.6. The Bertz CT molecular complexity index is 977. The van der Waals surface area contributed by atoms with Crippen LogP contribution in [0.25, 0.3) is 0 Å². The van der Waals surface area contributed by atoms with Crippen molar-refractivity contribution >= 4 is 0 Å². The predicted octanol–water partition coefficient (Wildman–Crippen LogP) is 7.90. The molecular weight excluding hydrogens is 550 g/mol. The van der Waals surface area contributed by atoms with E-state index < -0.39 is 0 Å². The number of hydrogen-bond donors (Lipinski definition) is 0. The molecule has 0 bridgehead atoms. The second-order valence-corrected chi connectivity index (χ2v) is 18.0. The minimum absolute atomic E-state index is 0.123. The van der Waals surface area contributed by atoms with Crippen LogP contribution >= 0.6 is 0 Å². The molecule has 2 aliphatic carbocycles. The van der Waals surface area contributed by atoms with Gasteiger partial charge in [-0.25, -0.2) is 0 Å². The van der Waals surface area contributed by atoms with Crippen LogP contribution in [0, 0.1) is 23.7 Å². The quantitative estimate of drug-likeness (QED) is 0.300. The smallest absolute Gasteiger partial charge is 0.193 e. The van der Waals surface area contributed by atoms with E-state index in [4.69, 9.17) is 0 Å². The summed E-state index contributed by atoms with van der Waals surface area (Å²) in [5.41, 5.74) is 0. The summed E-state index contributed by atoms with van der Waals surface area (Å²) < 4.78 is 0. The molecule has 5 nitrogen and oxygen atoms in total. The van der Waals surface area contributed by atoms with Crippen molar-refractivity contribution in [1.82, 2.24) is 24.5 Å². The van der Waals surface area contributed by atoms with E-state index in [-0.39, 0.29) is 5.91 Å². The lowest BCUT2D eigenvalue weighted by Gasteiger charge is -2.56. The van der Waals surface area contributed by atoms with Gasteiger partial charge in [-0.05, 0) is 120 Å². The predicted molar refractivity (Wildman–Crippen MR) is 185 cm³/mol. The van der Waals surface area contributed by atoms with Gasteiger partial charge in [0.1, 0.15) is 0 Å². The highest BCUT2D eigenvalue weighted by Crippen LogP contribution is 2.56. The molecule has 11 unspecified atom stereocenters. The van der Waals surface area contributed by atoms with E-state index >= 15 is 0 Å². The summed E-state index contributed by atoms with van der Waals surface area (Å²) >= 11 is 0. The van der Waals surface area contributed by atoms with Crippen LogP contribution in [0.1, 0.15) is 155 Å². The highest BCUT2D eigenvalue weighted by atomic mass is 15.8. The molecule has 9 fully saturated rings. The molecule has 1 spiro atoms. The third-order valence-corrected chi connectivity index (χ3v) is 16.3. The van der Waals surface area contributed by atoms with Gasteiger partial charge in [-0.15, -0.1) is 0 Å². The van der Waals surface area contributed by atoms with Crippen molar-refractivity contribution in [3.8, 4) is 0 Å². The fourth-order valence-corrected chi connectivity index (χ4v) is 14.6. The van der Waals surface area contributed by atoms with Crippen molar-refractivity contribution in [2.75, 3.05) is 26.2 Å². The molecule has 5 heteroatoms. The van der Waals surface area contributed by atoms with Gasteiger partial charge in [0.15, 0.2) is 5.91 Å². The zero-order valence-electron chi connectivity index (χ0n) is 29.5. The Morgan fingerprint density at radius 3 is 1.51 bits per heavy atom. The zero-order valence-corrected chi connectivity index (χ0v) is 29.5. The standard InChI is InChI=1S/C40H69N5/c1-3-30(22-21-29(2)45-34-16-6-4-14-32(34)33-15-5-7-17-35(33)45)31-23-24-39-38-20-10-13-27-43(38)40(44(39)28-31)41-25-11-8-18-36(41)37-19-9-12-26-42(37)40/h29-39H,3-28H2,1-2H3. The SMILES string of the molecule is CCC(CCC(C)N1C2CCCCC2C2CCCCC21)C1CCC2C3CCCCN3C3(N4CCCCC4C4CCCCN43)N2C1. The van der Waals surface area contributed by atoms with E-state index in [0.717, 1.165) is 66.0 Å². The first-order valence-corrected chi connectivity index (χ1v) is 21.1. The minimum Gasteiger partial charge on any atom is -0.294 e. The molecule has 9 aliphatic rings. The molecule has 2 saturated carbocycles. The second-order valence-electron chi connectivity index (χ2n) is 18.0. The number of hydrogen-bond acceptors (Lipinski definition) is 5. The summed E-state index contributed by atoms with van der Waals surface area (Å²) in [6.45, 7) is 10.7. The van der Waals surface area contributed by atoms with Gasteiger partial charge < -0.3 is 0 Å². The molecular formula is C40H69N5. The topological polar surface area (TPSA) is 16.2 Å². The number of rotatable bonds is 6. The van der Waals surface area contributed by atoms with Gasteiger partial charge in [-0.3, -0.25) is 24.5 Å². The van der Waals surface area contributed by atoms with Gasteiger partial charge in [0.05, 0.1) is 0 Å². The molecule has 0 aromatic heterocycles. The van der Waals surface area contributed by atoms with Crippen molar-refractivity contribution in [2.45, 2.75) is 203 Å².